The van der Waals surface area contributed by atoms with E-state index in [1.54, 1.807) is 17.5 Å². The molecular formula is C22H24N4OS2. The van der Waals surface area contributed by atoms with Crippen molar-refractivity contribution in [3.05, 3.63) is 58.9 Å². The molecule has 0 spiro atoms. The number of aromatic nitrogens is 4. The summed E-state index contributed by atoms with van der Waals surface area (Å²) in [6.45, 7) is 9.28. The van der Waals surface area contributed by atoms with Crippen LogP contribution in [-0.2, 0) is 6.54 Å². The molecule has 0 saturated carbocycles. The van der Waals surface area contributed by atoms with E-state index in [2.05, 4.69) is 34.0 Å². The van der Waals surface area contributed by atoms with Crippen molar-refractivity contribution in [1.29, 1.82) is 0 Å². The molecule has 0 saturated heterocycles. The van der Waals surface area contributed by atoms with Crippen molar-refractivity contribution >= 4 is 39.9 Å². The van der Waals surface area contributed by atoms with Crippen LogP contribution in [0.2, 0.25) is 0 Å². The summed E-state index contributed by atoms with van der Waals surface area (Å²) in [6, 6.07) is 10.1. The molecule has 0 aliphatic heterocycles. The van der Waals surface area contributed by atoms with Crippen LogP contribution in [0.5, 0.6) is 0 Å². The molecule has 3 heterocycles. The second-order valence-electron chi connectivity index (χ2n) is 7.53. The lowest BCUT2D eigenvalue weighted by atomic mass is 10.2. The Hall–Kier alpha value is -2.38. The number of benzene rings is 1. The molecule has 1 aromatic carbocycles. The predicted molar refractivity (Wildman–Crippen MR) is 121 cm³/mol. The lowest BCUT2D eigenvalue weighted by Gasteiger charge is -2.11. The first-order valence-electron chi connectivity index (χ1n) is 9.65. The number of ketones is 1. The van der Waals surface area contributed by atoms with E-state index in [1.807, 2.05) is 43.5 Å². The lowest BCUT2D eigenvalue weighted by molar-refractivity contribution is 0.102. The molecular weight excluding hydrogens is 400 g/mol. The fourth-order valence-electron chi connectivity index (χ4n) is 3.58. The number of imidazole rings is 1. The monoisotopic (exact) mass is 424 g/mol. The third-order valence-electron chi connectivity index (χ3n) is 4.84. The summed E-state index contributed by atoms with van der Waals surface area (Å²) in [6.07, 6.45) is 1.79. The smallest absolute Gasteiger partial charge is 0.193 e. The van der Waals surface area contributed by atoms with Gasteiger partial charge in [0, 0.05) is 35.1 Å². The topological polar surface area (TPSA) is 52.7 Å². The maximum absolute atomic E-state index is 13.0. The number of Topliss-reactive ketones (excluding diaryl/α,β-unsaturated/α-hetero) is 1. The quantitative estimate of drug-likeness (QED) is 0.289. The van der Waals surface area contributed by atoms with Gasteiger partial charge in [-0.2, -0.15) is 0 Å². The van der Waals surface area contributed by atoms with Gasteiger partial charge in [0.2, 0.25) is 0 Å². The summed E-state index contributed by atoms with van der Waals surface area (Å²) >= 11 is 3.09. The largest absolute Gasteiger partial charge is 0.319 e. The van der Waals surface area contributed by atoms with Crippen LogP contribution in [0.15, 0.2) is 47.1 Å². The Bertz CT molecular complexity index is 1160. The van der Waals surface area contributed by atoms with E-state index in [0.29, 0.717) is 11.7 Å². The van der Waals surface area contributed by atoms with Gasteiger partial charge in [-0.25, -0.2) is 9.97 Å². The van der Waals surface area contributed by atoms with Gasteiger partial charge in [-0.15, -0.1) is 11.3 Å². The van der Waals surface area contributed by atoms with E-state index in [9.17, 15) is 4.79 Å². The summed E-state index contributed by atoms with van der Waals surface area (Å²) < 4.78 is 4.29. The number of thioether (sulfide) groups is 1. The van der Waals surface area contributed by atoms with Gasteiger partial charge in [-0.3, -0.25) is 9.36 Å². The molecule has 0 unspecified atom stereocenters. The molecule has 0 bridgehead atoms. The third-order valence-corrected chi connectivity index (χ3v) is 6.57. The zero-order valence-corrected chi connectivity index (χ0v) is 18.7. The zero-order valence-electron chi connectivity index (χ0n) is 17.0. The van der Waals surface area contributed by atoms with Crippen molar-refractivity contribution in [2.75, 3.05) is 5.75 Å². The predicted octanol–water partition coefficient (Wildman–Crippen LogP) is 5.53. The minimum atomic E-state index is 0.119. The number of nitrogens with zero attached hydrogens (tertiary/aromatic N) is 4. The van der Waals surface area contributed by atoms with Crippen molar-refractivity contribution in [3.8, 4) is 5.13 Å². The number of carbonyl (C=O) groups is 1. The Morgan fingerprint density at radius 1 is 1.24 bits per heavy atom. The van der Waals surface area contributed by atoms with Crippen LogP contribution in [0.1, 0.15) is 35.6 Å². The first-order valence-corrected chi connectivity index (χ1v) is 11.5. The standard InChI is InChI=1S/C22H24N4OS2/c1-14(2)12-25-19-8-6-5-7-18(19)24-22(25)29-13-20(27)17-11-15(3)26(16(17)4)21-23-9-10-28-21/h5-11,14H,12-13H2,1-4H3. The van der Waals surface area contributed by atoms with E-state index >= 15 is 0 Å². The average Bonchev–Trinajstić information content (AvgIpc) is 3.38. The van der Waals surface area contributed by atoms with Gasteiger partial charge in [0.15, 0.2) is 16.1 Å². The third kappa shape index (κ3) is 3.89. The van der Waals surface area contributed by atoms with Crippen molar-refractivity contribution in [3.63, 3.8) is 0 Å². The molecule has 0 radical (unpaired) electrons. The van der Waals surface area contributed by atoms with Gasteiger partial charge < -0.3 is 4.57 Å². The number of para-hydroxylation sites is 2. The average molecular weight is 425 g/mol. The Labute approximate surface area is 178 Å². The van der Waals surface area contributed by atoms with Crippen LogP contribution in [-0.4, -0.2) is 30.6 Å². The van der Waals surface area contributed by atoms with E-state index in [1.165, 1.54) is 11.8 Å². The first kappa shape index (κ1) is 19.9. The number of fused-ring (bicyclic) bond motifs is 1. The fourth-order valence-corrected chi connectivity index (χ4v) is 5.24. The molecule has 29 heavy (non-hydrogen) atoms. The molecule has 4 rings (SSSR count). The normalized spacial score (nSPS) is 11.6. The summed E-state index contributed by atoms with van der Waals surface area (Å²) in [5.74, 6) is 0.984. The van der Waals surface area contributed by atoms with Gasteiger partial charge in [-0.1, -0.05) is 37.7 Å². The molecule has 5 nitrogen and oxygen atoms in total. The van der Waals surface area contributed by atoms with Crippen molar-refractivity contribution in [1.82, 2.24) is 19.1 Å². The minimum Gasteiger partial charge on any atom is -0.319 e. The highest BCUT2D eigenvalue weighted by atomic mass is 32.2. The van der Waals surface area contributed by atoms with Crippen molar-refractivity contribution < 1.29 is 4.79 Å². The number of carbonyl (C=O) groups excluding carboxylic acids is 1. The van der Waals surface area contributed by atoms with Gasteiger partial charge in [0.05, 0.1) is 16.8 Å². The van der Waals surface area contributed by atoms with Crippen LogP contribution >= 0.6 is 23.1 Å². The van der Waals surface area contributed by atoms with Gasteiger partial charge in [-0.05, 0) is 38.0 Å². The molecule has 3 aromatic heterocycles. The second-order valence-corrected chi connectivity index (χ2v) is 9.35. The second kappa shape index (κ2) is 8.16. The fraction of sp³-hybridized carbons (Fsp3) is 0.318. The van der Waals surface area contributed by atoms with Crippen LogP contribution in [0.3, 0.4) is 0 Å². The zero-order chi connectivity index (χ0) is 20.5. The first-order chi connectivity index (χ1) is 14.0. The van der Waals surface area contributed by atoms with E-state index in [4.69, 9.17) is 4.98 Å². The molecule has 0 fully saturated rings. The highest BCUT2D eigenvalue weighted by molar-refractivity contribution is 7.99. The molecule has 150 valence electrons. The van der Waals surface area contributed by atoms with Crippen molar-refractivity contribution in [2.24, 2.45) is 5.92 Å². The molecule has 0 aliphatic rings. The van der Waals surface area contributed by atoms with Gasteiger partial charge >= 0.3 is 0 Å². The number of rotatable bonds is 7. The maximum atomic E-state index is 13.0. The summed E-state index contributed by atoms with van der Waals surface area (Å²) in [5.41, 5.74) is 4.83. The lowest BCUT2D eigenvalue weighted by Crippen LogP contribution is -2.09. The number of thiazole rings is 1. The van der Waals surface area contributed by atoms with Crippen LogP contribution < -0.4 is 0 Å². The Morgan fingerprint density at radius 3 is 2.76 bits per heavy atom. The van der Waals surface area contributed by atoms with Crippen LogP contribution in [0.25, 0.3) is 16.2 Å². The molecule has 0 amide bonds. The molecule has 7 heteroatoms. The molecule has 0 aliphatic carbocycles. The van der Waals surface area contributed by atoms with Gasteiger partial charge in [0.1, 0.15) is 0 Å². The Morgan fingerprint density at radius 2 is 2.03 bits per heavy atom. The van der Waals surface area contributed by atoms with Crippen LogP contribution in [0.4, 0.5) is 0 Å². The molecule has 4 aromatic rings. The summed E-state index contributed by atoms with van der Waals surface area (Å²) in [5, 5.41) is 3.75. The molecule has 0 N–H and O–H groups in total. The molecule has 0 atom stereocenters. The summed E-state index contributed by atoms with van der Waals surface area (Å²) in [4.78, 5) is 22.2. The van der Waals surface area contributed by atoms with E-state index in [0.717, 1.165) is 44.8 Å². The van der Waals surface area contributed by atoms with Crippen molar-refractivity contribution in [2.45, 2.75) is 39.4 Å². The maximum Gasteiger partial charge on any atom is 0.193 e. The Kier molecular flexibility index (Phi) is 5.61. The Balaban J connectivity index is 1.59. The number of hydrogen-bond donors (Lipinski definition) is 0. The minimum absolute atomic E-state index is 0.119. The van der Waals surface area contributed by atoms with E-state index in [-0.39, 0.29) is 5.78 Å². The highest BCUT2D eigenvalue weighted by Gasteiger charge is 2.19. The van der Waals surface area contributed by atoms with E-state index < -0.39 is 0 Å². The highest BCUT2D eigenvalue weighted by Crippen LogP contribution is 2.28. The summed E-state index contributed by atoms with van der Waals surface area (Å²) in [7, 11) is 0. The SMILES string of the molecule is Cc1cc(C(=O)CSc2nc3ccccc3n2CC(C)C)c(C)n1-c1nccs1. The number of hydrogen-bond acceptors (Lipinski definition) is 5. The van der Waals surface area contributed by atoms with Gasteiger partial charge in [0.25, 0.3) is 0 Å². The number of aryl methyl sites for hydroxylation is 1. The van der Waals surface area contributed by atoms with Crippen LogP contribution in [0, 0.1) is 19.8 Å².